The van der Waals surface area contributed by atoms with E-state index in [1.165, 1.54) is 4.90 Å². The van der Waals surface area contributed by atoms with Crippen LogP contribution in [0.4, 0.5) is 0 Å². The molecule has 0 fully saturated rings. The van der Waals surface area contributed by atoms with Crippen LogP contribution in [-0.2, 0) is 20.8 Å². The van der Waals surface area contributed by atoms with Crippen LogP contribution in [0.15, 0.2) is 30.3 Å². The fourth-order valence-corrected chi connectivity index (χ4v) is 2.66. The number of rotatable bonds is 8. The zero-order valence-corrected chi connectivity index (χ0v) is 14.8. The van der Waals surface area contributed by atoms with Crippen LogP contribution in [-0.4, -0.2) is 50.6 Å². The molecular weight excluding hydrogens is 324 g/mol. The van der Waals surface area contributed by atoms with Gasteiger partial charge in [0.1, 0.15) is 12.1 Å². The number of nitrogens with zero attached hydrogens (tertiary/aromatic N) is 1. The molecule has 0 aromatic heterocycles. The SMILES string of the molecule is CC(C)(C)N(C(=O)CC[C@H](N)C(=O)O)[C@H](Cc1ccccc1)C(=O)O. The fourth-order valence-electron chi connectivity index (χ4n) is 2.66. The van der Waals surface area contributed by atoms with Crippen LogP contribution in [0.25, 0.3) is 0 Å². The summed E-state index contributed by atoms with van der Waals surface area (Å²) in [5.41, 5.74) is 5.52. The van der Waals surface area contributed by atoms with Gasteiger partial charge in [0.15, 0.2) is 0 Å². The average molecular weight is 350 g/mol. The van der Waals surface area contributed by atoms with Crippen LogP contribution in [0.5, 0.6) is 0 Å². The minimum atomic E-state index is -1.19. The molecule has 0 bridgehead atoms. The summed E-state index contributed by atoms with van der Waals surface area (Å²) in [5, 5.41) is 18.5. The molecule has 138 valence electrons. The monoisotopic (exact) mass is 350 g/mol. The lowest BCUT2D eigenvalue weighted by Gasteiger charge is -2.40. The number of amides is 1. The maximum atomic E-state index is 12.7. The van der Waals surface area contributed by atoms with E-state index in [2.05, 4.69) is 0 Å². The molecule has 0 aliphatic heterocycles. The Morgan fingerprint density at radius 3 is 2.08 bits per heavy atom. The van der Waals surface area contributed by atoms with Gasteiger partial charge in [-0.15, -0.1) is 0 Å². The van der Waals surface area contributed by atoms with Crippen molar-refractivity contribution in [2.75, 3.05) is 0 Å². The molecular formula is C18H26N2O5. The number of nitrogens with two attached hydrogens (primary N) is 1. The Morgan fingerprint density at radius 1 is 1.08 bits per heavy atom. The standard InChI is InChI=1S/C18H26N2O5/c1-18(2,3)20(15(21)10-9-13(19)16(22)23)14(17(24)25)11-12-7-5-4-6-8-12/h4-8,13-14H,9-11,19H2,1-3H3,(H,22,23)(H,24,25)/t13-,14+/m0/s1. The topological polar surface area (TPSA) is 121 Å². The number of carbonyl (C=O) groups is 3. The van der Waals surface area contributed by atoms with Gasteiger partial charge in [-0.1, -0.05) is 30.3 Å². The van der Waals surface area contributed by atoms with E-state index in [1.54, 1.807) is 20.8 Å². The number of hydrogen-bond acceptors (Lipinski definition) is 4. The quantitative estimate of drug-likeness (QED) is 0.653. The van der Waals surface area contributed by atoms with Crippen molar-refractivity contribution in [1.29, 1.82) is 0 Å². The molecule has 2 atom stereocenters. The van der Waals surface area contributed by atoms with Crippen molar-refractivity contribution < 1.29 is 24.6 Å². The molecule has 0 aliphatic carbocycles. The first-order chi connectivity index (χ1) is 11.5. The van der Waals surface area contributed by atoms with Crippen molar-refractivity contribution in [3.8, 4) is 0 Å². The first kappa shape index (κ1) is 20.6. The maximum absolute atomic E-state index is 12.7. The largest absolute Gasteiger partial charge is 0.480 e. The molecule has 0 heterocycles. The molecule has 1 amide bonds. The summed E-state index contributed by atoms with van der Waals surface area (Å²) in [7, 11) is 0. The lowest BCUT2D eigenvalue weighted by molar-refractivity contribution is -0.155. The van der Waals surface area contributed by atoms with E-state index >= 15 is 0 Å². The van der Waals surface area contributed by atoms with Gasteiger partial charge in [0.05, 0.1) is 0 Å². The minimum absolute atomic E-state index is 0.0432. The normalized spacial score (nSPS) is 13.8. The van der Waals surface area contributed by atoms with Gasteiger partial charge < -0.3 is 20.8 Å². The van der Waals surface area contributed by atoms with Crippen LogP contribution in [0.3, 0.4) is 0 Å². The molecule has 1 rings (SSSR count). The van der Waals surface area contributed by atoms with Gasteiger partial charge in [0.25, 0.3) is 0 Å². The van der Waals surface area contributed by atoms with Gasteiger partial charge in [-0.3, -0.25) is 9.59 Å². The van der Waals surface area contributed by atoms with Crippen molar-refractivity contribution in [3.63, 3.8) is 0 Å². The highest BCUT2D eigenvalue weighted by Crippen LogP contribution is 2.22. The first-order valence-electron chi connectivity index (χ1n) is 8.11. The Morgan fingerprint density at radius 2 is 1.64 bits per heavy atom. The van der Waals surface area contributed by atoms with Gasteiger partial charge in [0, 0.05) is 18.4 Å². The second-order valence-corrected chi connectivity index (χ2v) is 6.96. The van der Waals surface area contributed by atoms with E-state index in [0.29, 0.717) is 0 Å². The number of aliphatic carboxylic acids is 2. The van der Waals surface area contributed by atoms with Gasteiger partial charge in [0.2, 0.25) is 5.91 Å². The lowest BCUT2D eigenvalue weighted by Crippen LogP contribution is -2.55. The van der Waals surface area contributed by atoms with Crippen molar-refractivity contribution in [1.82, 2.24) is 4.90 Å². The van der Waals surface area contributed by atoms with Gasteiger partial charge in [-0.05, 0) is 32.8 Å². The van der Waals surface area contributed by atoms with Crippen molar-refractivity contribution in [2.45, 2.75) is 57.7 Å². The Bertz CT molecular complexity index is 610. The summed E-state index contributed by atoms with van der Waals surface area (Å²) in [6, 6.07) is 6.87. The minimum Gasteiger partial charge on any atom is -0.480 e. The summed E-state index contributed by atoms with van der Waals surface area (Å²) in [6.45, 7) is 5.26. The molecule has 0 spiro atoms. The lowest BCUT2D eigenvalue weighted by atomic mass is 9.96. The van der Waals surface area contributed by atoms with E-state index in [4.69, 9.17) is 10.8 Å². The van der Waals surface area contributed by atoms with E-state index in [0.717, 1.165) is 5.56 Å². The molecule has 4 N–H and O–H groups in total. The number of benzene rings is 1. The first-order valence-corrected chi connectivity index (χ1v) is 8.11. The Labute approximate surface area is 147 Å². The molecule has 0 radical (unpaired) electrons. The van der Waals surface area contributed by atoms with Crippen LogP contribution < -0.4 is 5.73 Å². The number of carboxylic acids is 2. The van der Waals surface area contributed by atoms with Crippen molar-refractivity contribution in [3.05, 3.63) is 35.9 Å². The summed E-state index contributed by atoms with van der Waals surface area (Å²) < 4.78 is 0. The second-order valence-electron chi connectivity index (χ2n) is 6.96. The number of hydrogen-bond donors (Lipinski definition) is 3. The molecule has 1 aromatic carbocycles. The van der Waals surface area contributed by atoms with Crippen LogP contribution in [0.1, 0.15) is 39.2 Å². The van der Waals surface area contributed by atoms with E-state index < -0.39 is 35.5 Å². The van der Waals surface area contributed by atoms with Gasteiger partial charge >= 0.3 is 11.9 Å². The molecule has 7 heteroatoms. The molecule has 0 saturated heterocycles. The number of carbonyl (C=O) groups excluding carboxylic acids is 1. The van der Waals surface area contributed by atoms with Crippen molar-refractivity contribution in [2.24, 2.45) is 5.73 Å². The zero-order valence-electron chi connectivity index (χ0n) is 14.8. The highest BCUT2D eigenvalue weighted by atomic mass is 16.4. The second kappa shape index (κ2) is 8.62. The highest BCUT2D eigenvalue weighted by Gasteiger charge is 2.37. The molecule has 25 heavy (non-hydrogen) atoms. The van der Waals surface area contributed by atoms with Gasteiger partial charge in [-0.2, -0.15) is 0 Å². The highest BCUT2D eigenvalue weighted by molar-refractivity contribution is 5.85. The van der Waals surface area contributed by atoms with E-state index in [9.17, 15) is 19.5 Å². The Kier molecular flexibility index (Phi) is 7.11. The Balaban J connectivity index is 3.02. The zero-order chi connectivity index (χ0) is 19.2. The summed E-state index contributed by atoms with van der Waals surface area (Å²) in [4.78, 5) is 36.6. The predicted molar refractivity (Wildman–Crippen MR) is 93.0 cm³/mol. The molecule has 1 aromatic rings. The third-order valence-electron chi connectivity index (χ3n) is 3.85. The van der Waals surface area contributed by atoms with Crippen LogP contribution >= 0.6 is 0 Å². The fraction of sp³-hybridized carbons (Fsp3) is 0.500. The molecule has 0 saturated carbocycles. The molecule has 0 aliphatic rings. The third-order valence-corrected chi connectivity index (χ3v) is 3.85. The van der Waals surface area contributed by atoms with E-state index in [-0.39, 0.29) is 19.3 Å². The summed E-state index contributed by atoms with van der Waals surface area (Å²) in [6.07, 6.45) is 0.00585. The maximum Gasteiger partial charge on any atom is 0.326 e. The van der Waals surface area contributed by atoms with Crippen LogP contribution in [0.2, 0.25) is 0 Å². The smallest absolute Gasteiger partial charge is 0.326 e. The number of carboxylic acid groups (broad SMARTS) is 2. The molecule has 0 unspecified atom stereocenters. The average Bonchev–Trinajstić information content (AvgIpc) is 2.51. The molecule has 7 nitrogen and oxygen atoms in total. The summed E-state index contributed by atoms with van der Waals surface area (Å²) in [5.74, 6) is -2.71. The predicted octanol–water partition coefficient (Wildman–Crippen LogP) is 1.50. The van der Waals surface area contributed by atoms with Crippen LogP contribution in [0, 0.1) is 0 Å². The third kappa shape index (κ3) is 6.19. The van der Waals surface area contributed by atoms with E-state index in [1.807, 2.05) is 30.3 Å². The summed E-state index contributed by atoms with van der Waals surface area (Å²) >= 11 is 0. The Hall–Kier alpha value is -2.41. The van der Waals surface area contributed by atoms with Gasteiger partial charge in [-0.25, -0.2) is 4.79 Å². The van der Waals surface area contributed by atoms with Crippen molar-refractivity contribution >= 4 is 17.8 Å².